The summed E-state index contributed by atoms with van der Waals surface area (Å²) in [5, 5.41) is 18.4. The molecular formula is C14H16N4. The number of benzene rings is 1. The lowest BCUT2D eigenvalue weighted by molar-refractivity contribution is 0.315. The number of hydrogen-bond acceptors (Lipinski definition) is 4. The Kier molecular flexibility index (Phi) is 3.50. The van der Waals surface area contributed by atoms with Gasteiger partial charge in [-0.15, -0.1) is 0 Å². The summed E-state index contributed by atoms with van der Waals surface area (Å²) in [7, 11) is 4.13. The van der Waals surface area contributed by atoms with E-state index < -0.39 is 0 Å². The van der Waals surface area contributed by atoms with E-state index in [1.165, 1.54) is 0 Å². The zero-order valence-electron chi connectivity index (χ0n) is 10.7. The van der Waals surface area contributed by atoms with Gasteiger partial charge in [0.15, 0.2) is 0 Å². The second kappa shape index (κ2) is 5.08. The molecule has 92 valence electrons. The molecular weight excluding hydrogens is 224 g/mol. The fourth-order valence-corrected chi connectivity index (χ4v) is 2.43. The van der Waals surface area contributed by atoms with Crippen molar-refractivity contribution in [2.24, 2.45) is 0 Å². The molecule has 0 N–H and O–H groups in total. The zero-order valence-corrected chi connectivity index (χ0v) is 10.7. The fraction of sp³-hybridized carbons (Fsp3) is 0.429. The third-order valence-corrected chi connectivity index (χ3v) is 3.49. The minimum Gasteiger partial charge on any atom is -0.368 e. The molecule has 0 aromatic heterocycles. The van der Waals surface area contributed by atoms with Gasteiger partial charge >= 0.3 is 0 Å². The molecule has 1 aromatic rings. The van der Waals surface area contributed by atoms with Crippen LogP contribution >= 0.6 is 0 Å². The molecule has 0 radical (unpaired) electrons. The van der Waals surface area contributed by atoms with E-state index in [1.54, 1.807) is 18.2 Å². The Hall–Kier alpha value is -2.04. The number of para-hydroxylation sites is 1. The summed E-state index contributed by atoms with van der Waals surface area (Å²) in [6, 6.07) is 10.2. The quantitative estimate of drug-likeness (QED) is 0.787. The van der Waals surface area contributed by atoms with Crippen molar-refractivity contribution < 1.29 is 0 Å². The van der Waals surface area contributed by atoms with Crippen LogP contribution in [0.2, 0.25) is 0 Å². The summed E-state index contributed by atoms with van der Waals surface area (Å²) >= 11 is 0. The van der Waals surface area contributed by atoms with E-state index >= 15 is 0 Å². The number of rotatable bonds is 2. The largest absolute Gasteiger partial charge is 0.368 e. The van der Waals surface area contributed by atoms with Gasteiger partial charge in [0.25, 0.3) is 0 Å². The van der Waals surface area contributed by atoms with Crippen molar-refractivity contribution in [3.63, 3.8) is 0 Å². The minimum absolute atomic E-state index is 0.489. The molecule has 0 bridgehead atoms. The summed E-state index contributed by atoms with van der Waals surface area (Å²) in [5.74, 6) is 0. The van der Waals surface area contributed by atoms with Crippen LogP contribution in [0.4, 0.5) is 5.69 Å². The Balaban J connectivity index is 2.35. The molecule has 1 aromatic carbocycles. The van der Waals surface area contributed by atoms with Crippen molar-refractivity contribution in [2.75, 3.05) is 32.1 Å². The molecule has 1 saturated heterocycles. The Labute approximate surface area is 108 Å². The summed E-state index contributed by atoms with van der Waals surface area (Å²) in [6.45, 7) is 1.77. The number of likely N-dealkylation sites (N-methyl/N-ethyl adjacent to an activating group) is 1. The summed E-state index contributed by atoms with van der Waals surface area (Å²) in [4.78, 5) is 4.35. The molecule has 1 atom stereocenters. The fourth-order valence-electron chi connectivity index (χ4n) is 2.43. The zero-order chi connectivity index (χ0) is 13.1. The second-order valence-electron chi connectivity index (χ2n) is 4.78. The smallest absolute Gasteiger partial charge is 0.101 e. The van der Waals surface area contributed by atoms with Gasteiger partial charge in [0, 0.05) is 19.1 Å². The van der Waals surface area contributed by atoms with Crippen LogP contribution in [-0.4, -0.2) is 38.1 Å². The van der Waals surface area contributed by atoms with Crippen LogP contribution in [0.1, 0.15) is 17.5 Å². The van der Waals surface area contributed by atoms with Gasteiger partial charge in [-0.1, -0.05) is 6.07 Å². The normalized spacial score (nSPS) is 18.7. The van der Waals surface area contributed by atoms with E-state index in [2.05, 4.69) is 36.0 Å². The van der Waals surface area contributed by atoms with Crippen LogP contribution in [0, 0.1) is 22.7 Å². The SMILES string of the molecule is CN(C)C1CCN(c2c(C#N)cccc2C#N)C1. The lowest BCUT2D eigenvalue weighted by Crippen LogP contribution is -2.31. The minimum atomic E-state index is 0.489. The maximum absolute atomic E-state index is 9.18. The molecule has 1 heterocycles. The van der Waals surface area contributed by atoms with Crippen LogP contribution in [0.5, 0.6) is 0 Å². The van der Waals surface area contributed by atoms with Gasteiger partial charge in [0.2, 0.25) is 0 Å². The first-order valence-corrected chi connectivity index (χ1v) is 6.02. The molecule has 0 aliphatic carbocycles. The van der Waals surface area contributed by atoms with Crippen molar-refractivity contribution in [1.82, 2.24) is 4.90 Å². The Morgan fingerprint density at radius 2 is 1.83 bits per heavy atom. The molecule has 4 heteroatoms. The van der Waals surface area contributed by atoms with Crippen LogP contribution in [0.15, 0.2) is 18.2 Å². The highest BCUT2D eigenvalue weighted by atomic mass is 15.2. The van der Waals surface area contributed by atoms with Crippen LogP contribution in [0.3, 0.4) is 0 Å². The number of hydrogen-bond donors (Lipinski definition) is 0. The third kappa shape index (κ3) is 2.16. The molecule has 0 amide bonds. The van der Waals surface area contributed by atoms with Gasteiger partial charge in [-0.2, -0.15) is 10.5 Å². The molecule has 1 fully saturated rings. The van der Waals surface area contributed by atoms with Gasteiger partial charge in [-0.3, -0.25) is 0 Å². The van der Waals surface area contributed by atoms with Crippen molar-refractivity contribution in [3.05, 3.63) is 29.3 Å². The molecule has 1 unspecified atom stereocenters. The lowest BCUT2D eigenvalue weighted by atomic mass is 10.1. The van der Waals surface area contributed by atoms with Crippen molar-refractivity contribution >= 4 is 5.69 Å². The first kappa shape index (κ1) is 12.4. The van der Waals surface area contributed by atoms with E-state index in [1.807, 2.05) is 0 Å². The van der Waals surface area contributed by atoms with E-state index in [0.29, 0.717) is 17.2 Å². The molecule has 1 aliphatic heterocycles. The molecule has 1 aliphatic rings. The standard InChI is InChI=1S/C14H16N4/c1-17(2)13-6-7-18(10-13)14-11(8-15)4-3-5-12(14)9-16/h3-5,13H,6-7,10H2,1-2H3. The second-order valence-corrected chi connectivity index (χ2v) is 4.78. The van der Waals surface area contributed by atoms with E-state index in [9.17, 15) is 10.5 Å². The lowest BCUT2D eigenvalue weighted by Gasteiger charge is -2.23. The van der Waals surface area contributed by atoms with E-state index in [-0.39, 0.29) is 0 Å². The number of nitriles is 2. The highest BCUT2D eigenvalue weighted by Crippen LogP contribution is 2.29. The van der Waals surface area contributed by atoms with E-state index in [4.69, 9.17) is 0 Å². The summed E-state index contributed by atoms with van der Waals surface area (Å²) in [5.41, 5.74) is 1.98. The van der Waals surface area contributed by atoms with Gasteiger partial charge in [-0.05, 0) is 32.6 Å². The maximum Gasteiger partial charge on any atom is 0.101 e. The van der Waals surface area contributed by atoms with Crippen molar-refractivity contribution in [2.45, 2.75) is 12.5 Å². The highest BCUT2D eigenvalue weighted by molar-refractivity contribution is 5.68. The predicted molar refractivity (Wildman–Crippen MR) is 70.2 cm³/mol. The first-order valence-electron chi connectivity index (χ1n) is 6.02. The van der Waals surface area contributed by atoms with Gasteiger partial charge in [0.05, 0.1) is 16.8 Å². The van der Waals surface area contributed by atoms with Crippen LogP contribution in [0.25, 0.3) is 0 Å². The van der Waals surface area contributed by atoms with Crippen LogP contribution < -0.4 is 4.90 Å². The van der Waals surface area contributed by atoms with Crippen molar-refractivity contribution in [1.29, 1.82) is 10.5 Å². The first-order chi connectivity index (χ1) is 8.67. The Bertz CT molecular complexity index is 489. The van der Waals surface area contributed by atoms with Gasteiger partial charge < -0.3 is 9.80 Å². The average Bonchev–Trinajstić information content (AvgIpc) is 2.87. The topological polar surface area (TPSA) is 54.1 Å². The molecule has 4 nitrogen and oxygen atoms in total. The third-order valence-electron chi connectivity index (χ3n) is 3.49. The summed E-state index contributed by atoms with van der Waals surface area (Å²) in [6.07, 6.45) is 1.07. The highest BCUT2D eigenvalue weighted by Gasteiger charge is 2.27. The molecule has 18 heavy (non-hydrogen) atoms. The number of anilines is 1. The molecule has 2 rings (SSSR count). The van der Waals surface area contributed by atoms with Crippen molar-refractivity contribution in [3.8, 4) is 12.1 Å². The summed E-state index contributed by atoms with van der Waals surface area (Å²) < 4.78 is 0. The Morgan fingerprint density at radius 1 is 1.22 bits per heavy atom. The van der Waals surface area contributed by atoms with Crippen LogP contribution in [-0.2, 0) is 0 Å². The Morgan fingerprint density at radius 3 is 2.28 bits per heavy atom. The van der Waals surface area contributed by atoms with E-state index in [0.717, 1.165) is 25.2 Å². The average molecular weight is 240 g/mol. The molecule has 0 saturated carbocycles. The van der Waals surface area contributed by atoms with Gasteiger partial charge in [0.1, 0.15) is 12.1 Å². The predicted octanol–water partition coefficient (Wildman–Crippen LogP) is 1.57. The molecule has 0 spiro atoms. The maximum atomic E-state index is 9.18. The monoisotopic (exact) mass is 240 g/mol. The number of nitrogens with zero attached hydrogens (tertiary/aromatic N) is 4. The van der Waals surface area contributed by atoms with Gasteiger partial charge in [-0.25, -0.2) is 0 Å².